The zero-order valence-electron chi connectivity index (χ0n) is 10.8. The summed E-state index contributed by atoms with van der Waals surface area (Å²) in [5.74, 6) is 0.731. The highest BCUT2D eigenvalue weighted by atomic mass is 127. The average Bonchev–Trinajstić information content (AvgIpc) is 2.47. The minimum Gasteiger partial charge on any atom is -0.496 e. The van der Waals surface area contributed by atoms with E-state index in [1.54, 1.807) is 19.1 Å². The molecule has 0 saturated carbocycles. The topological polar surface area (TPSA) is 29.5 Å². The van der Waals surface area contributed by atoms with Crippen LogP contribution in [0.1, 0.15) is 10.4 Å². The largest absolute Gasteiger partial charge is 0.496 e. The maximum atomic E-state index is 12.3. The highest BCUT2D eigenvalue weighted by Crippen LogP contribution is 2.26. The third-order valence-electron chi connectivity index (χ3n) is 2.85. The van der Waals surface area contributed by atoms with Crippen LogP contribution in [0.15, 0.2) is 48.5 Å². The van der Waals surface area contributed by atoms with Gasteiger partial charge in [0.2, 0.25) is 0 Å². The number of hydrogen-bond donors (Lipinski definition) is 0. The second kappa shape index (κ2) is 6.06. The fraction of sp³-hybridized carbons (Fsp3) is 0.133. The Morgan fingerprint density at radius 1 is 1.16 bits per heavy atom. The van der Waals surface area contributed by atoms with E-state index in [-0.39, 0.29) is 5.91 Å². The van der Waals surface area contributed by atoms with Gasteiger partial charge in [-0.1, -0.05) is 18.2 Å². The van der Waals surface area contributed by atoms with Gasteiger partial charge in [0, 0.05) is 24.4 Å². The first kappa shape index (κ1) is 13.9. The van der Waals surface area contributed by atoms with Gasteiger partial charge in [0.25, 0.3) is 5.91 Å². The van der Waals surface area contributed by atoms with Crippen LogP contribution in [0.3, 0.4) is 0 Å². The van der Waals surface area contributed by atoms with Gasteiger partial charge >= 0.3 is 0 Å². The molecule has 19 heavy (non-hydrogen) atoms. The van der Waals surface area contributed by atoms with Gasteiger partial charge in [0.05, 0.1) is 10.7 Å². The van der Waals surface area contributed by atoms with E-state index in [1.807, 2.05) is 48.5 Å². The van der Waals surface area contributed by atoms with Crippen molar-refractivity contribution in [1.82, 2.24) is 0 Å². The predicted octanol–water partition coefficient (Wildman–Crippen LogP) is 3.58. The van der Waals surface area contributed by atoms with E-state index in [1.165, 1.54) is 0 Å². The van der Waals surface area contributed by atoms with Gasteiger partial charge in [-0.2, -0.15) is 0 Å². The second-order valence-electron chi connectivity index (χ2n) is 4.05. The van der Waals surface area contributed by atoms with Crippen LogP contribution in [0.2, 0.25) is 0 Å². The summed E-state index contributed by atoms with van der Waals surface area (Å²) in [6, 6.07) is 14.9. The number of nitrogens with zero attached hydrogens (tertiary/aromatic N) is 1. The molecule has 0 atom stereocenters. The predicted molar refractivity (Wildman–Crippen MR) is 84.9 cm³/mol. The lowest BCUT2D eigenvalue weighted by Crippen LogP contribution is -2.26. The average molecular weight is 367 g/mol. The van der Waals surface area contributed by atoms with Gasteiger partial charge in [-0.25, -0.2) is 0 Å². The molecule has 0 saturated heterocycles. The molecule has 0 aliphatic heterocycles. The molecule has 0 aliphatic rings. The van der Waals surface area contributed by atoms with Crippen molar-refractivity contribution in [1.29, 1.82) is 0 Å². The molecule has 0 bridgehead atoms. The highest BCUT2D eigenvalue weighted by molar-refractivity contribution is 14.1. The number of hydrogen-bond acceptors (Lipinski definition) is 2. The Morgan fingerprint density at radius 2 is 1.84 bits per heavy atom. The number of benzene rings is 2. The van der Waals surface area contributed by atoms with Gasteiger partial charge in [-0.3, -0.25) is 4.79 Å². The van der Waals surface area contributed by atoms with Crippen molar-refractivity contribution in [2.75, 3.05) is 19.1 Å². The van der Waals surface area contributed by atoms with Crippen molar-refractivity contribution in [2.45, 2.75) is 0 Å². The summed E-state index contributed by atoms with van der Waals surface area (Å²) in [6.45, 7) is 0. The maximum absolute atomic E-state index is 12.3. The first-order chi connectivity index (χ1) is 9.13. The SMILES string of the molecule is COc1cc(N(C)C(=O)c2ccccc2)ccc1I. The summed E-state index contributed by atoms with van der Waals surface area (Å²) in [5, 5.41) is 0. The van der Waals surface area contributed by atoms with Crippen LogP contribution in [0.4, 0.5) is 5.69 Å². The molecule has 2 aromatic carbocycles. The number of rotatable bonds is 3. The lowest BCUT2D eigenvalue weighted by molar-refractivity contribution is 0.0993. The molecule has 2 rings (SSSR count). The third-order valence-corrected chi connectivity index (χ3v) is 3.74. The van der Waals surface area contributed by atoms with E-state index in [0.717, 1.165) is 15.0 Å². The van der Waals surface area contributed by atoms with Crippen LogP contribution >= 0.6 is 22.6 Å². The van der Waals surface area contributed by atoms with Crippen molar-refractivity contribution in [3.63, 3.8) is 0 Å². The Balaban J connectivity index is 2.29. The standard InChI is InChI=1S/C15H14INO2/c1-17(15(18)11-6-4-3-5-7-11)12-8-9-13(16)14(10-12)19-2/h3-10H,1-2H3. The zero-order chi connectivity index (χ0) is 13.8. The molecule has 4 heteroatoms. The summed E-state index contributed by atoms with van der Waals surface area (Å²) in [7, 11) is 3.39. The molecule has 0 radical (unpaired) electrons. The number of anilines is 1. The van der Waals surface area contributed by atoms with Crippen LogP contribution in [-0.2, 0) is 0 Å². The molecule has 2 aromatic rings. The van der Waals surface area contributed by atoms with Crippen LogP contribution in [0.5, 0.6) is 5.75 Å². The maximum Gasteiger partial charge on any atom is 0.258 e. The number of ether oxygens (including phenoxy) is 1. The Bertz CT molecular complexity index is 584. The molecule has 98 valence electrons. The van der Waals surface area contributed by atoms with Crippen LogP contribution in [-0.4, -0.2) is 20.1 Å². The van der Waals surface area contributed by atoms with Gasteiger partial charge in [0.15, 0.2) is 0 Å². The Labute approximate surface area is 126 Å². The number of carbonyl (C=O) groups is 1. The van der Waals surface area contributed by atoms with Crippen LogP contribution in [0.25, 0.3) is 0 Å². The van der Waals surface area contributed by atoms with Crippen molar-refractivity contribution >= 4 is 34.2 Å². The van der Waals surface area contributed by atoms with E-state index >= 15 is 0 Å². The van der Waals surface area contributed by atoms with Crippen molar-refractivity contribution in [3.8, 4) is 5.75 Å². The minimum atomic E-state index is -0.0381. The minimum absolute atomic E-state index is 0.0381. The summed E-state index contributed by atoms with van der Waals surface area (Å²) in [6.07, 6.45) is 0. The van der Waals surface area contributed by atoms with E-state index < -0.39 is 0 Å². The third kappa shape index (κ3) is 3.07. The van der Waals surface area contributed by atoms with Gasteiger partial charge in [-0.05, 0) is 46.9 Å². The summed E-state index contributed by atoms with van der Waals surface area (Å²) < 4.78 is 6.29. The molecule has 0 unspecified atom stereocenters. The lowest BCUT2D eigenvalue weighted by atomic mass is 10.2. The normalized spacial score (nSPS) is 10.1. The number of amides is 1. The molecule has 0 fully saturated rings. The van der Waals surface area contributed by atoms with Crippen LogP contribution < -0.4 is 9.64 Å². The molecule has 0 spiro atoms. The molecule has 0 N–H and O–H groups in total. The van der Waals surface area contributed by atoms with Crippen molar-refractivity contribution in [2.24, 2.45) is 0 Å². The second-order valence-corrected chi connectivity index (χ2v) is 5.21. The molecule has 0 aliphatic carbocycles. The smallest absolute Gasteiger partial charge is 0.258 e. The Kier molecular flexibility index (Phi) is 4.42. The fourth-order valence-corrected chi connectivity index (χ4v) is 2.30. The van der Waals surface area contributed by atoms with E-state index in [9.17, 15) is 4.79 Å². The Morgan fingerprint density at radius 3 is 2.47 bits per heavy atom. The monoisotopic (exact) mass is 367 g/mol. The van der Waals surface area contributed by atoms with Crippen molar-refractivity contribution < 1.29 is 9.53 Å². The quantitative estimate of drug-likeness (QED) is 0.777. The first-order valence-electron chi connectivity index (χ1n) is 5.80. The van der Waals surface area contributed by atoms with Gasteiger partial charge in [0.1, 0.15) is 5.75 Å². The molecule has 3 nitrogen and oxygen atoms in total. The summed E-state index contributed by atoms with van der Waals surface area (Å²) in [5.41, 5.74) is 1.48. The Hall–Kier alpha value is -1.56. The first-order valence-corrected chi connectivity index (χ1v) is 6.88. The fourth-order valence-electron chi connectivity index (χ4n) is 1.75. The van der Waals surface area contributed by atoms with E-state index in [0.29, 0.717) is 5.56 Å². The summed E-state index contributed by atoms with van der Waals surface area (Å²) >= 11 is 2.20. The van der Waals surface area contributed by atoms with Crippen molar-refractivity contribution in [3.05, 3.63) is 57.7 Å². The molecule has 1 amide bonds. The van der Waals surface area contributed by atoms with Gasteiger partial charge in [-0.15, -0.1) is 0 Å². The number of carbonyl (C=O) groups excluding carboxylic acids is 1. The van der Waals surface area contributed by atoms with Crippen LogP contribution in [0, 0.1) is 3.57 Å². The summed E-state index contributed by atoms with van der Waals surface area (Å²) in [4.78, 5) is 13.9. The molecule has 0 heterocycles. The van der Waals surface area contributed by atoms with E-state index in [2.05, 4.69) is 22.6 Å². The van der Waals surface area contributed by atoms with Gasteiger partial charge < -0.3 is 9.64 Å². The molecular weight excluding hydrogens is 353 g/mol. The lowest BCUT2D eigenvalue weighted by Gasteiger charge is -2.18. The number of halogens is 1. The van der Waals surface area contributed by atoms with E-state index in [4.69, 9.17) is 4.74 Å². The number of methoxy groups -OCH3 is 1. The highest BCUT2D eigenvalue weighted by Gasteiger charge is 2.14. The zero-order valence-corrected chi connectivity index (χ0v) is 12.9. The molecule has 0 aromatic heterocycles. The molecular formula is C15H14INO2.